The second-order valence-electron chi connectivity index (χ2n) is 13.9. The van der Waals surface area contributed by atoms with Crippen molar-refractivity contribution in [2.75, 3.05) is 0 Å². The van der Waals surface area contributed by atoms with Crippen LogP contribution in [0.1, 0.15) is 71.9 Å². The Labute approximate surface area is 299 Å². The van der Waals surface area contributed by atoms with E-state index < -0.39 is 65.1 Å². The number of Topliss-reactive ketones (excluding diaryl/α,β-unsaturated/α-hetero) is 1. The second-order valence-corrected chi connectivity index (χ2v) is 13.9. The first-order valence-corrected chi connectivity index (χ1v) is 17.3. The Bertz CT molecular complexity index is 1690. The van der Waals surface area contributed by atoms with Crippen molar-refractivity contribution >= 4 is 46.3 Å². The minimum Gasteiger partial charge on any atom is -0.445 e. The van der Waals surface area contributed by atoms with Gasteiger partial charge in [-0.25, -0.2) is 4.79 Å². The summed E-state index contributed by atoms with van der Waals surface area (Å²) in [6.07, 6.45) is 0.616. The molecule has 51 heavy (non-hydrogen) atoms. The zero-order valence-electron chi connectivity index (χ0n) is 30.3. The summed E-state index contributed by atoms with van der Waals surface area (Å²) in [6, 6.07) is 19.1. The van der Waals surface area contributed by atoms with E-state index in [1.807, 2.05) is 74.5 Å². The third-order valence-corrected chi connectivity index (χ3v) is 8.77. The molecular formula is C39H51N5O7. The van der Waals surface area contributed by atoms with Crippen LogP contribution in [0.3, 0.4) is 0 Å². The van der Waals surface area contributed by atoms with Gasteiger partial charge in [-0.15, -0.1) is 0 Å². The predicted octanol–water partition coefficient (Wildman–Crippen LogP) is 4.08. The van der Waals surface area contributed by atoms with Crippen molar-refractivity contribution in [1.29, 1.82) is 0 Å². The Morgan fingerprint density at radius 1 is 0.765 bits per heavy atom. The fraction of sp³-hybridized carbons (Fsp3) is 0.436. The van der Waals surface area contributed by atoms with Crippen molar-refractivity contribution in [3.8, 4) is 0 Å². The van der Waals surface area contributed by atoms with Crippen LogP contribution in [-0.2, 0) is 41.7 Å². The van der Waals surface area contributed by atoms with Crippen LogP contribution in [0.5, 0.6) is 0 Å². The average Bonchev–Trinajstić information content (AvgIpc) is 3.10. The quantitative estimate of drug-likeness (QED) is 0.124. The minimum atomic E-state index is -1.64. The van der Waals surface area contributed by atoms with Gasteiger partial charge in [0.2, 0.25) is 23.5 Å². The number of nitrogens with two attached hydrogens (primary N) is 1. The monoisotopic (exact) mass is 701 g/mol. The number of carbonyl (C=O) groups excluding carboxylic acids is 6. The van der Waals surface area contributed by atoms with Crippen molar-refractivity contribution in [3.05, 3.63) is 83.9 Å². The molecule has 0 aliphatic carbocycles. The lowest BCUT2D eigenvalue weighted by atomic mass is 9.93. The number of nitrogens with one attached hydrogen (secondary N) is 4. The lowest BCUT2D eigenvalue weighted by molar-refractivity contribution is -0.143. The lowest BCUT2D eigenvalue weighted by Gasteiger charge is -2.29. The van der Waals surface area contributed by atoms with Crippen LogP contribution < -0.4 is 27.0 Å². The summed E-state index contributed by atoms with van der Waals surface area (Å²) in [4.78, 5) is 78.9. The third kappa shape index (κ3) is 12.2. The minimum absolute atomic E-state index is 0.00628. The van der Waals surface area contributed by atoms with Crippen LogP contribution in [0.25, 0.3) is 10.8 Å². The van der Waals surface area contributed by atoms with E-state index in [1.165, 1.54) is 13.8 Å². The van der Waals surface area contributed by atoms with Gasteiger partial charge in [-0.05, 0) is 60.4 Å². The number of hydrogen-bond donors (Lipinski definition) is 5. The molecule has 0 saturated carbocycles. The van der Waals surface area contributed by atoms with E-state index in [-0.39, 0.29) is 25.4 Å². The molecule has 0 fully saturated rings. The standard InChI is InChI=1S/C39H51N5O7/c1-7-25(4)32(43-35(47)30(20-17-24(2)3)42-38(50)51-23-26-13-9-8-10-14-26)33(45)36(48)44-39(5,6)37(49)41-31(34(40)46)22-27-18-19-28-15-11-12-16-29(28)21-27/h8-16,18-19,21,24-25,30-32H,7,17,20,22-23H2,1-6H3,(H2,40,46)(H,41,49)(H,42,50)(H,43,47)(H,44,48)/t25-,30-,31-,32?/m0/s1. The molecule has 1 unspecified atom stereocenters. The predicted molar refractivity (Wildman–Crippen MR) is 195 cm³/mol. The number of primary amides is 1. The van der Waals surface area contributed by atoms with Gasteiger partial charge in [0.25, 0.3) is 5.91 Å². The zero-order chi connectivity index (χ0) is 37.7. The summed E-state index contributed by atoms with van der Waals surface area (Å²) in [5, 5.41) is 12.3. The molecule has 4 atom stereocenters. The topological polar surface area (TPSA) is 186 Å². The van der Waals surface area contributed by atoms with Gasteiger partial charge < -0.3 is 31.7 Å². The highest BCUT2D eigenvalue weighted by Gasteiger charge is 2.38. The van der Waals surface area contributed by atoms with E-state index in [9.17, 15) is 28.8 Å². The molecule has 0 aliphatic heterocycles. The molecule has 0 saturated heterocycles. The van der Waals surface area contributed by atoms with E-state index in [2.05, 4.69) is 21.3 Å². The zero-order valence-corrected chi connectivity index (χ0v) is 30.3. The Balaban J connectivity index is 1.68. The van der Waals surface area contributed by atoms with Crippen LogP contribution in [0.4, 0.5) is 4.79 Å². The van der Waals surface area contributed by atoms with E-state index in [4.69, 9.17) is 10.5 Å². The maximum atomic E-state index is 13.6. The first-order chi connectivity index (χ1) is 24.1. The normalized spacial score (nSPS) is 13.7. The number of alkyl carbamates (subject to hydrolysis) is 1. The molecule has 12 nitrogen and oxygen atoms in total. The maximum Gasteiger partial charge on any atom is 0.408 e. The lowest BCUT2D eigenvalue weighted by Crippen LogP contribution is -2.62. The van der Waals surface area contributed by atoms with Crippen molar-refractivity contribution in [1.82, 2.24) is 21.3 Å². The SMILES string of the molecule is CC[C@H](C)C(NC(=O)[C@H](CCC(C)C)NC(=O)OCc1ccccc1)C(=O)C(=O)NC(C)(C)C(=O)N[C@@H](Cc1ccc2ccccc2c1)C(N)=O. The first kappa shape index (κ1) is 40.2. The van der Waals surface area contributed by atoms with Gasteiger partial charge in [0.05, 0.1) is 6.04 Å². The molecule has 0 aliphatic rings. The second kappa shape index (κ2) is 18.7. The number of fused-ring (bicyclic) bond motifs is 1. The summed E-state index contributed by atoms with van der Waals surface area (Å²) in [5.41, 5.74) is 5.54. The van der Waals surface area contributed by atoms with E-state index in [0.29, 0.717) is 12.8 Å². The van der Waals surface area contributed by atoms with E-state index in [0.717, 1.165) is 21.9 Å². The number of hydrogen-bond acceptors (Lipinski definition) is 7. The number of rotatable bonds is 18. The highest BCUT2D eigenvalue weighted by Crippen LogP contribution is 2.18. The Hall–Kier alpha value is -5.26. The number of carbonyl (C=O) groups is 6. The van der Waals surface area contributed by atoms with Gasteiger partial charge in [0.15, 0.2) is 0 Å². The van der Waals surface area contributed by atoms with Gasteiger partial charge in [-0.3, -0.25) is 24.0 Å². The fourth-order valence-electron chi connectivity index (χ4n) is 5.34. The maximum absolute atomic E-state index is 13.6. The summed E-state index contributed by atoms with van der Waals surface area (Å²) < 4.78 is 5.32. The molecule has 0 heterocycles. The smallest absolute Gasteiger partial charge is 0.408 e. The van der Waals surface area contributed by atoms with Gasteiger partial charge in [0, 0.05) is 6.42 Å². The highest BCUT2D eigenvalue weighted by molar-refractivity contribution is 6.39. The first-order valence-electron chi connectivity index (χ1n) is 17.3. The number of benzene rings is 3. The fourth-order valence-corrected chi connectivity index (χ4v) is 5.34. The molecule has 6 N–H and O–H groups in total. The molecule has 0 radical (unpaired) electrons. The average molecular weight is 702 g/mol. The summed E-state index contributed by atoms with van der Waals surface area (Å²) in [5.74, 6) is -4.45. The van der Waals surface area contributed by atoms with Crippen molar-refractivity contribution in [3.63, 3.8) is 0 Å². The summed E-state index contributed by atoms with van der Waals surface area (Å²) in [7, 11) is 0. The van der Waals surface area contributed by atoms with Crippen LogP contribution >= 0.6 is 0 Å². The molecule has 0 spiro atoms. The van der Waals surface area contributed by atoms with Crippen molar-refractivity contribution < 1.29 is 33.5 Å². The van der Waals surface area contributed by atoms with E-state index in [1.54, 1.807) is 26.0 Å². The number of ether oxygens (including phenoxy) is 1. The summed E-state index contributed by atoms with van der Waals surface area (Å²) in [6.45, 7) is 10.3. The molecule has 5 amide bonds. The molecule has 0 bridgehead atoms. The van der Waals surface area contributed by atoms with Gasteiger partial charge in [0.1, 0.15) is 24.2 Å². The van der Waals surface area contributed by atoms with Crippen LogP contribution in [0.15, 0.2) is 72.8 Å². The molecule has 3 aromatic rings. The molecule has 274 valence electrons. The van der Waals surface area contributed by atoms with Gasteiger partial charge >= 0.3 is 6.09 Å². The molecular weight excluding hydrogens is 650 g/mol. The Kier molecular flexibility index (Phi) is 14.7. The number of ketones is 1. The van der Waals surface area contributed by atoms with Crippen LogP contribution in [0, 0.1) is 11.8 Å². The van der Waals surface area contributed by atoms with Gasteiger partial charge in [-0.1, -0.05) is 107 Å². The van der Waals surface area contributed by atoms with E-state index >= 15 is 0 Å². The largest absolute Gasteiger partial charge is 0.445 e. The van der Waals surface area contributed by atoms with Crippen molar-refractivity contribution in [2.24, 2.45) is 17.6 Å². The highest BCUT2D eigenvalue weighted by atomic mass is 16.5. The number of amides is 5. The third-order valence-electron chi connectivity index (χ3n) is 8.77. The molecule has 12 heteroatoms. The molecule has 0 aromatic heterocycles. The van der Waals surface area contributed by atoms with Gasteiger partial charge in [-0.2, -0.15) is 0 Å². The molecule has 3 aromatic carbocycles. The van der Waals surface area contributed by atoms with Crippen LogP contribution in [-0.4, -0.2) is 59.2 Å². The Morgan fingerprint density at radius 2 is 1.41 bits per heavy atom. The van der Waals surface area contributed by atoms with Crippen molar-refractivity contribution in [2.45, 2.75) is 97.5 Å². The Morgan fingerprint density at radius 3 is 2.04 bits per heavy atom. The van der Waals surface area contributed by atoms with Crippen LogP contribution in [0.2, 0.25) is 0 Å². The summed E-state index contributed by atoms with van der Waals surface area (Å²) >= 11 is 0. The molecule has 3 rings (SSSR count).